The van der Waals surface area contributed by atoms with Crippen molar-refractivity contribution < 1.29 is 4.79 Å². The second-order valence-electron chi connectivity index (χ2n) is 8.00. The van der Waals surface area contributed by atoms with Gasteiger partial charge in [-0.25, -0.2) is 4.98 Å². The third-order valence-corrected chi connectivity index (χ3v) is 5.59. The Morgan fingerprint density at radius 2 is 2.06 bits per heavy atom. The van der Waals surface area contributed by atoms with Crippen LogP contribution in [0, 0.1) is 25.2 Å². The van der Waals surface area contributed by atoms with Crippen molar-refractivity contribution >= 4 is 17.7 Å². The van der Waals surface area contributed by atoms with Crippen molar-refractivity contribution in [1.82, 2.24) is 19.7 Å². The van der Waals surface area contributed by atoms with Crippen LogP contribution in [-0.2, 0) is 11.3 Å². The fourth-order valence-electron chi connectivity index (χ4n) is 3.69. The smallest absolute Gasteiger partial charge is 0.266 e. The number of nitriles is 1. The highest BCUT2D eigenvalue weighted by molar-refractivity contribution is 6.09. The summed E-state index contributed by atoms with van der Waals surface area (Å²) in [5.41, 5.74) is 4.63. The summed E-state index contributed by atoms with van der Waals surface area (Å²) in [6.45, 7) is 7.09. The highest BCUT2D eigenvalue weighted by atomic mass is 16.1. The number of carbonyl (C=O) groups excluding carboxylic acids is 1. The largest absolute Gasteiger partial charge is 0.349 e. The lowest BCUT2D eigenvalue weighted by molar-refractivity contribution is -0.112. The number of aromatic amines is 1. The van der Waals surface area contributed by atoms with Gasteiger partial charge in [0.05, 0.1) is 0 Å². The van der Waals surface area contributed by atoms with Gasteiger partial charge in [-0.05, 0) is 75.1 Å². The predicted octanol–water partition coefficient (Wildman–Crippen LogP) is 4.72. The minimum atomic E-state index is -0.426. The van der Waals surface area contributed by atoms with Gasteiger partial charge in [-0.3, -0.25) is 9.89 Å². The van der Waals surface area contributed by atoms with Gasteiger partial charge in [0.2, 0.25) is 0 Å². The molecule has 0 unspecified atom stereocenters. The highest BCUT2D eigenvalue weighted by Crippen LogP contribution is 2.38. The summed E-state index contributed by atoms with van der Waals surface area (Å²) in [7, 11) is 0. The standard InChI is InChI=1S/C24H26N6O/c1-4-11-30-15(2)12-19(16(30)3)13-20(14-25)24(31)26-21-9-7-18(8-10-21)23-27-22(28-29-23)17-5-6-17/h7-10,12-13,17H,4-6,11H2,1-3H3,(H,26,31)(H,27,28,29)/b20-13-. The summed E-state index contributed by atoms with van der Waals surface area (Å²) in [6, 6.07) is 11.4. The number of carbonyl (C=O) groups is 1. The molecule has 1 aliphatic rings. The summed E-state index contributed by atoms with van der Waals surface area (Å²) < 4.78 is 2.20. The van der Waals surface area contributed by atoms with E-state index in [1.54, 1.807) is 18.2 Å². The molecule has 1 aromatic carbocycles. The van der Waals surface area contributed by atoms with Gasteiger partial charge in [0.15, 0.2) is 5.82 Å². The summed E-state index contributed by atoms with van der Waals surface area (Å²) in [5, 5.41) is 19.6. The number of nitrogens with one attached hydrogen (secondary N) is 2. The Morgan fingerprint density at radius 3 is 2.71 bits per heavy atom. The molecule has 3 aromatic rings. The second kappa shape index (κ2) is 8.60. The lowest BCUT2D eigenvalue weighted by atomic mass is 10.1. The SMILES string of the molecule is CCCn1c(C)cc(/C=C(/C#N)C(=O)Nc2ccc(-c3n[nH]c(C4CC4)n3)cc2)c1C. The average molecular weight is 415 g/mol. The maximum Gasteiger partial charge on any atom is 0.266 e. The minimum Gasteiger partial charge on any atom is -0.349 e. The lowest BCUT2D eigenvalue weighted by Crippen LogP contribution is -2.13. The molecule has 1 fully saturated rings. The third kappa shape index (κ3) is 4.43. The second-order valence-corrected chi connectivity index (χ2v) is 8.00. The van der Waals surface area contributed by atoms with Crippen LogP contribution in [-0.4, -0.2) is 25.7 Å². The molecule has 158 valence electrons. The summed E-state index contributed by atoms with van der Waals surface area (Å²) in [6.07, 6.45) is 5.01. The molecule has 0 saturated heterocycles. The number of benzene rings is 1. The van der Waals surface area contributed by atoms with Crippen molar-refractivity contribution in [2.45, 2.75) is 52.5 Å². The molecule has 7 nitrogen and oxygen atoms in total. The first-order valence-corrected chi connectivity index (χ1v) is 10.6. The number of anilines is 1. The zero-order chi connectivity index (χ0) is 22.0. The molecule has 0 bridgehead atoms. The van der Waals surface area contributed by atoms with E-state index in [0.29, 0.717) is 17.4 Å². The molecule has 1 saturated carbocycles. The van der Waals surface area contributed by atoms with E-state index >= 15 is 0 Å². The molecule has 31 heavy (non-hydrogen) atoms. The zero-order valence-electron chi connectivity index (χ0n) is 18.1. The zero-order valence-corrected chi connectivity index (χ0v) is 18.1. The van der Waals surface area contributed by atoms with Crippen molar-refractivity contribution in [2.75, 3.05) is 5.32 Å². The van der Waals surface area contributed by atoms with E-state index in [1.165, 1.54) is 0 Å². The Morgan fingerprint density at radius 1 is 1.32 bits per heavy atom. The van der Waals surface area contributed by atoms with Gasteiger partial charge in [-0.2, -0.15) is 10.4 Å². The molecule has 0 aliphatic heterocycles. The van der Waals surface area contributed by atoms with E-state index in [2.05, 4.69) is 32.0 Å². The first-order valence-electron chi connectivity index (χ1n) is 10.6. The summed E-state index contributed by atoms with van der Waals surface area (Å²) in [5.74, 6) is 1.68. The number of nitrogens with zero attached hydrogens (tertiary/aromatic N) is 4. The number of hydrogen-bond donors (Lipinski definition) is 2. The topological polar surface area (TPSA) is 99.4 Å². The van der Waals surface area contributed by atoms with E-state index in [9.17, 15) is 10.1 Å². The Balaban J connectivity index is 1.48. The van der Waals surface area contributed by atoms with Crippen LogP contribution in [0.2, 0.25) is 0 Å². The van der Waals surface area contributed by atoms with E-state index in [-0.39, 0.29) is 5.57 Å². The Labute approximate surface area is 181 Å². The quantitative estimate of drug-likeness (QED) is 0.431. The summed E-state index contributed by atoms with van der Waals surface area (Å²) in [4.78, 5) is 17.2. The van der Waals surface area contributed by atoms with Crippen LogP contribution in [0.5, 0.6) is 0 Å². The van der Waals surface area contributed by atoms with E-state index < -0.39 is 5.91 Å². The molecule has 4 rings (SSSR count). The third-order valence-electron chi connectivity index (χ3n) is 5.59. The maximum absolute atomic E-state index is 12.7. The number of hydrogen-bond acceptors (Lipinski definition) is 4. The minimum absolute atomic E-state index is 0.0730. The van der Waals surface area contributed by atoms with Crippen LogP contribution < -0.4 is 5.32 Å². The average Bonchev–Trinajstić information content (AvgIpc) is 3.44. The van der Waals surface area contributed by atoms with E-state index in [0.717, 1.165) is 54.1 Å². The predicted molar refractivity (Wildman–Crippen MR) is 120 cm³/mol. The Kier molecular flexibility index (Phi) is 5.72. The maximum atomic E-state index is 12.7. The number of aromatic nitrogens is 4. The lowest BCUT2D eigenvalue weighted by Gasteiger charge is -2.07. The van der Waals surface area contributed by atoms with Crippen molar-refractivity contribution in [3.63, 3.8) is 0 Å². The van der Waals surface area contributed by atoms with Gasteiger partial charge in [0.25, 0.3) is 5.91 Å². The molecule has 2 heterocycles. The van der Waals surface area contributed by atoms with Gasteiger partial charge >= 0.3 is 0 Å². The Bertz CT molecular complexity index is 1170. The van der Waals surface area contributed by atoms with Gasteiger partial charge in [0, 0.05) is 35.1 Å². The molecule has 0 radical (unpaired) electrons. The van der Waals surface area contributed by atoms with E-state index in [4.69, 9.17) is 0 Å². The van der Waals surface area contributed by atoms with Crippen molar-refractivity contribution in [1.29, 1.82) is 5.26 Å². The van der Waals surface area contributed by atoms with Gasteiger partial charge < -0.3 is 9.88 Å². The number of rotatable bonds is 7. The molecule has 2 N–H and O–H groups in total. The van der Waals surface area contributed by atoms with Crippen LogP contribution in [0.3, 0.4) is 0 Å². The first-order chi connectivity index (χ1) is 15.0. The van der Waals surface area contributed by atoms with Crippen molar-refractivity contribution in [2.24, 2.45) is 0 Å². The van der Waals surface area contributed by atoms with Crippen LogP contribution >= 0.6 is 0 Å². The molecular weight excluding hydrogens is 388 g/mol. The van der Waals surface area contributed by atoms with Gasteiger partial charge in [0.1, 0.15) is 17.5 Å². The first kappa shape index (κ1) is 20.6. The van der Waals surface area contributed by atoms with Gasteiger partial charge in [-0.1, -0.05) is 6.92 Å². The Hall–Kier alpha value is -3.66. The molecule has 0 atom stereocenters. The number of aryl methyl sites for hydroxylation is 1. The van der Waals surface area contributed by atoms with Gasteiger partial charge in [-0.15, -0.1) is 0 Å². The van der Waals surface area contributed by atoms with Crippen LogP contribution in [0.4, 0.5) is 5.69 Å². The molecular formula is C24H26N6O. The van der Waals surface area contributed by atoms with E-state index in [1.807, 2.05) is 38.1 Å². The molecule has 1 amide bonds. The van der Waals surface area contributed by atoms with Crippen molar-refractivity contribution in [3.05, 3.63) is 58.7 Å². The molecule has 0 spiro atoms. The molecule has 2 aromatic heterocycles. The normalized spacial score (nSPS) is 13.8. The van der Waals surface area contributed by atoms with Crippen molar-refractivity contribution in [3.8, 4) is 17.5 Å². The molecule has 7 heteroatoms. The number of amides is 1. The monoisotopic (exact) mass is 414 g/mol. The fourth-order valence-corrected chi connectivity index (χ4v) is 3.69. The number of H-pyrrole nitrogens is 1. The highest BCUT2D eigenvalue weighted by Gasteiger charge is 2.27. The van der Waals surface area contributed by atoms with Crippen LogP contribution in [0.25, 0.3) is 17.5 Å². The summed E-state index contributed by atoms with van der Waals surface area (Å²) >= 11 is 0. The van der Waals surface area contributed by atoms with Crippen LogP contribution in [0.15, 0.2) is 35.9 Å². The fraction of sp³-hybridized carbons (Fsp3) is 0.333. The van der Waals surface area contributed by atoms with Crippen LogP contribution in [0.1, 0.15) is 54.9 Å². The molecule has 1 aliphatic carbocycles.